The molecule has 1 unspecified atom stereocenters. The number of pyridine rings is 1. The van der Waals surface area contributed by atoms with Gasteiger partial charge in [-0.1, -0.05) is 19.1 Å². The summed E-state index contributed by atoms with van der Waals surface area (Å²) in [6, 6.07) is 15.7. The minimum atomic E-state index is -0.935. The molecule has 0 radical (unpaired) electrons. The number of H-pyrrole nitrogens is 1. The number of fused-ring (bicyclic) bond motifs is 1. The fraction of sp³-hybridized carbons (Fsp3) is 0.227. The summed E-state index contributed by atoms with van der Waals surface area (Å²) >= 11 is 0. The van der Waals surface area contributed by atoms with Crippen LogP contribution in [0.3, 0.4) is 0 Å². The maximum atomic E-state index is 13.7. The van der Waals surface area contributed by atoms with Crippen molar-refractivity contribution in [2.24, 2.45) is 0 Å². The minimum Gasteiger partial charge on any atom is -0.322 e. The average Bonchev–Trinajstić information content (AvgIpc) is 2.66. The van der Waals surface area contributed by atoms with Crippen LogP contribution < -0.4 is 5.56 Å². The first-order chi connectivity index (χ1) is 12.9. The van der Waals surface area contributed by atoms with E-state index in [0.29, 0.717) is 23.1 Å². The van der Waals surface area contributed by atoms with Gasteiger partial charge in [0, 0.05) is 11.1 Å². The van der Waals surface area contributed by atoms with Gasteiger partial charge in [0.05, 0.1) is 23.1 Å². The summed E-state index contributed by atoms with van der Waals surface area (Å²) in [6.07, 6.45) is 0.891. The number of halogens is 1. The van der Waals surface area contributed by atoms with E-state index in [2.05, 4.69) is 11.1 Å². The molecule has 0 aliphatic carbocycles. The molecule has 0 bridgehead atoms. The predicted octanol–water partition coefficient (Wildman–Crippen LogP) is 4.13. The SMILES string of the molecule is CCc1cc2ccc(C(C)(C#N)Cc3cc(F)cc(C#N)c3)cc2[nH]c1=O. The molecule has 4 nitrogen and oxygen atoms in total. The molecule has 27 heavy (non-hydrogen) atoms. The Kier molecular flexibility index (Phi) is 4.79. The van der Waals surface area contributed by atoms with Crippen LogP contribution in [-0.4, -0.2) is 4.98 Å². The molecule has 0 fully saturated rings. The van der Waals surface area contributed by atoms with Gasteiger partial charge in [-0.05, 0) is 66.6 Å². The molecule has 0 aliphatic rings. The molecule has 0 amide bonds. The lowest BCUT2D eigenvalue weighted by molar-refractivity contribution is 0.593. The van der Waals surface area contributed by atoms with E-state index in [0.717, 1.165) is 10.9 Å². The van der Waals surface area contributed by atoms with Crippen molar-refractivity contribution in [3.63, 3.8) is 0 Å². The first kappa shape index (κ1) is 18.4. The van der Waals surface area contributed by atoms with Crippen LogP contribution in [-0.2, 0) is 18.3 Å². The van der Waals surface area contributed by atoms with Gasteiger partial charge in [-0.2, -0.15) is 10.5 Å². The molecule has 0 saturated carbocycles. The van der Waals surface area contributed by atoms with Crippen LogP contribution in [0.1, 0.15) is 36.1 Å². The fourth-order valence-electron chi connectivity index (χ4n) is 3.28. The lowest BCUT2D eigenvalue weighted by atomic mass is 9.78. The second-order valence-corrected chi connectivity index (χ2v) is 6.86. The zero-order chi connectivity index (χ0) is 19.6. The number of aromatic amines is 1. The van der Waals surface area contributed by atoms with E-state index in [9.17, 15) is 14.4 Å². The molecule has 5 heteroatoms. The number of aromatic nitrogens is 1. The highest BCUT2D eigenvalue weighted by atomic mass is 19.1. The van der Waals surface area contributed by atoms with Crippen LogP contribution in [0.2, 0.25) is 0 Å². The summed E-state index contributed by atoms with van der Waals surface area (Å²) in [5.74, 6) is -0.501. The minimum absolute atomic E-state index is 0.135. The molecular formula is C22H18FN3O. The van der Waals surface area contributed by atoms with E-state index in [1.165, 1.54) is 12.1 Å². The van der Waals surface area contributed by atoms with E-state index in [1.807, 2.05) is 31.2 Å². The van der Waals surface area contributed by atoms with Gasteiger partial charge in [0.25, 0.3) is 5.56 Å². The number of rotatable bonds is 4. The number of nitriles is 2. The molecule has 0 aliphatic heterocycles. The maximum absolute atomic E-state index is 13.7. The second-order valence-electron chi connectivity index (χ2n) is 6.86. The summed E-state index contributed by atoms with van der Waals surface area (Å²) < 4.78 is 13.7. The van der Waals surface area contributed by atoms with Crippen molar-refractivity contribution in [1.82, 2.24) is 4.98 Å². The molecule has 3 rings (SSSR count). The standard InChI is InChI=1S/C22H18FN3O/c1-3-16-9-17-4-5-18(10-20(17)26-21(16)27)22(2,13-25)11-14-6-15(12-24)8-19(23)7-14/h4-10H,3,11H2,1-2H3,(H,26,27). The maximum Gasteiger partial charge on any atom is 0.251 e. The molecule has 134 valence electrons. The average molecular weight is 359 g/mol. The first-order valence-corrected chi connectivity index (χ1v) is 8.66. The van der Waals surface area contributed by atoms with Crippen LogP contribution in [0.25, 0.3) is 10.9 Å². The fourth-order valence-corrected chi connectivity index (χ4v) is 3.28. The van der Waals surface area contributed by atoms with Crippen molar-refractivity contribution in [1.29, 1.82) is 10.5 Å². The molecular weight excluding hydrogens is 341 g/mol. The number of aryl methyl sites for hydroxylation is 1. The van der Waals surface area contributed by atoms with Crippen LogP contribution in [0, 0.1) is 28.5 Å². The zero-order valence-corrected chi connectivity index (χ0v) is 15.1. The number of hydrogen-bond donors (Lipinski definition) is 1. The van der Waals surface area contributed by atoms with Gasteiger partial charge < -0.3 is 4.98 Å². The highest BCUT2D eigenvalue weighted by Crippen LogP contribution is 2.30. The monoisotopic (exact) mass is 359 g/mol. The lowest BCUT2D eigenvalue weighted by Crippen LogP contribution is -2.23. The molecule has 2 aromatic carbocycles. The van der Waals surface area contributed by atoms with Crippen molar-refractivity contribution in [2.45, 2.75) is 32.1 Å². The molecule has 3 aromatic rings. The van der Waals surface area contributed by atoms with Crippen molar-refractivity contribution >= 4 is 10.9 Å². The van der Waals surface area contributed by atoms with Crippen molar-refractivity contribution in [3.05, 3.63) is 80.9 Å². The van der Waals surface area contributed by atoms with E-state index in [-0.39, 0.29) is 17.5 Å². The van der Waals surface area contributed by atoms with Crippen LogP contribution in [0.4, 0.5) is 4.39 Å². The number of nitrogens with one attached hydrogen (secondary N) is 1. The summed E-state index contributed by atoms with van der Waals surface area (Å²) in [5.41, 5.74) is 1.82. The topological polar surface area (TPSA) is 80.4 Å². The van der Waals surface area contributed by atoms with Gasteiger partial charge in [-0.3, -0.25) is 4.79 Å². The molecule has 1 N–H and O–H groups in total. The summed E-state index contributed by atoms with van der Waals surface area (Å²) in [5, 5.41) is 19.8. The Morgan fingerprint density at radius 3 is 2.59 bits per heavy atom. The zero-order valence-electron chi connectivity index (χ0n) is 15.1. The van der Waals surface area contributed by atoms with E-state index in [4.69, 9.17) is 5.26 Å². The third-order valence-corrected chi connectivity index (χ3v) is 4.83. The summed E-state index contributed by atoms with van der Waals surface area (Å²) in [4.78, 5) is 15.0. The highest BCUT2D eigenvalue weighted by molar-refractivity contribution is 5.80. The van der Waals surface area contributed by atoms with Gasteiger partial charge in [0.1, 0.15) is 5.82 Å². The summed E-state index contributed by atoms with van der Waals surface area (Å²) in [6.45, 7) is 3.69. The molecule has 1 atom stereocenters. The Hall–Kier alpha value is -3.44. The Labute approximate surface area is 156 Å². The smallest absolute Gasteiger partial charge is 0.251 e. The summed E-state index contributed by atoms with van der Waals surface area (Å²) in [7, 11) is 0. The Morgan fingerprint density at radius 2 is 1.93 bits per heavy atom. The predicted molar refractivity (Wildman–Crippen MR) is 102 cm³/mol. The third-order valence-electron chi connectivity index (χ3n) is 4.83. The lowest BCUT2D eigenvalue weighted by Gasteiger charge is -2.23. The second kappa shape index (κ2) is 7.05. The Morgan fingerprint density at radius 1 is 1.15 bits per heavy atom. The van der Waals surface area contributed by atoms with E-state index < -0.39 is 11.2 Å². The quantitative estimate of drug-likeness (QED) is 0.761. The Balaban J connectivity index is 2.06. The molecule has 0 spiro atoms. The van der Waals surface area contributed by atoms with Crippen molar-refractivity contribution in [3.8, 4) is 12.1 Å². The van der Waals surface area contributed by atoms with Crippen LogP contribution in [0.15, 0.2) is 47.3 Å². The first-order valence-electron chi connectivity index (χ1n) is 8.66. The van der Waals surface area contributed by atoms with Crippen LogP contribution in [0.5, 0.6) is 0 Å². The van der Waals surface area contributed by atoms with Crippen molar-refractivity contribution < 1.29 is 4.39 Å². The van der Waals surface area contributed by atoms with Crippen LogP contribution >= 0.6 is 0 Å². The van der Waals surface area contributed by atoms with Gasteiger partial charge in [-0.15, -0.1) is 0 Å². The van der Waals surface area contributed by atoms with Gasteiger partial charge in [0.15, 0.2) is 0 Å². The Bertz CT molecular complexity index is 1170. The normalized spacial score (nSPS) is 12.9. The van der Waals surface area contributed by atoms with Gasteiger partial charge in [-0.25, -0.2) is 4.39 Å². The van der Waals surface area contributed by atoms with Gasteiger partial charge in [0.2, 0.25) is 0 Å². The largest absolute Gasteiger partial charge is 0.322 e. The molecule has 0 saturated heterocycles. The number of hydrogen-bond acceptors (Lipinski definition) is 3. The van der Waals surface area contributed by atoms with E-state index >= 15 is 0 Å². The highest BCUT2D eigenvalue weighted by Gasteiger charge is 2.28. The van der Waals surface area contributed by atoms with Gasteiger partial charge >= 0.3 is 0 Å². The molecule has 1 heterocycles. The number of nitrogens with zero attached hydrogens (tertiary/aromatic N) is 2. The van der Waals surface area contributed by atoms with E-state index in [1.54, 1.807) is 19.1 Å². The van der Waals surface area contributed by atoms with Crippen molar-refractivity contribution in [2.75, 3.05) is 0 Å². The third kappa shape index (κ3) is 3.59. The number of benzene rings is 2. The molecule has 1 aromatic heterocycles.